The van der Waals surface area contributed by atoms with E-state index in [1.54, 1.807) is 24.3 Å². The van der Waals surface area contributed by atoms with Crippen molar-refractivity contribution in [2.45, 2.75) is 12.8 Å². The molecule has 0 amide bonds. The van der Waals surface area contributed by atoms with Gasteiger partial charge in [-0.3, -0.25) is 0 Å². The molecule has 1 aliphatic rings. The number of aromatic hydroxyl groups is 2. The highest BCUT2D eigenvalue weighted by Crippen LogP contribution is 2.37. The molecule has 2 N–H and O–H groups in total. The summed E-state index contributed by atoms with van der Waals surface area (Å²) in [6, 6.07) is 12.7. The monoisotopic (exact) mass is 326 g/mol. The maximum Gasteiger partial charge on any atom is 0.338 e. The average Bonchev–Trinajstić information content (AvgIpc) is 3.41. The van der Waals surface area contributed by atoms with Gasteiger partial charge in [0.05, 0.1) is 5.56 Å². The normalized spacial score (nSPS) is 12.6. The Balaban J connectivity index is 1.52. The number of rotatable bonds is 6. The highest BCUT2D eigenvalue weighted by molar-refractivity contribution is 5.89. The van der Waals surface area contributed by atoms with Crippen molar-refractivity contribution in [1.82, 2.24) is 0 Å². The van der Waals surface area contributed by atoms with Crippen molar-refractivity contribution in [3.8, 4) is 11.5 Å². The summed E-state index contributed by atoms with van der Waals surface area (Å²) in [5.41, 5.74) is 2.52. The van der Waals surface area contributed by atoms with Crippen LogP contribution in [0.15, 0.2) is 54.1 Å². The average molecular weight is 326 g/mol. The Morgan fingerprint density at radius 1 is 0.792 bits per heavy atom. The van der Waals surface area contributed by atoms with Crippen LogP contribution in [0.4, 0.5) is 0 Å². The minimum Gasteiger partial charge on any atom is -0.508 e. The van der Waals surface area contributed by atoms with Gasteiger partial charge >= 0.3 is 5.97 Å². The Hall–Kier alpha value is -2.95. The SMILES string of the molecule is O=C(OCCOC(=C1CC1)c1ccc(O)cc1)c1ccc(O)cc1. The van der Waals surface area contributed by atoms with Gasteiger partial charge in [-0.25, -0.2) is 4.79 Å². The largest absolute Gasteiger partial charge is 0.508 e. The maximum atomic E-state index is 11.9. The number of ether oxygens (including phenoxy) is 2. The quantitative estimate of drug-likeness (QED) is 0.483. The molecule has 1 fully saturated rings. The first-order valence-corrected chi connectivity index (χ1v) is 7.74. The Morgan fingerprint density at radius 3 is 1.83 bits per heavy atom. The third-order valence-electron chi connectivity index (χ3n) is 3.62. The summed E-state index contributed by atoms with van der Waals surface area (Å²) in [6.07, 6.45) is 2.01. The molecule has 0 spiro atoms. The summed E-state index contributed by atoms with van der Waals surface area (Å²) in [6.45, 7) is 0.387. The first-order valence-electron chi connectivity index (χ1n) is 7.74. The van der Waals surface area contributed by atoms with Gasteiger partial charge in [-0.2, -0.15) is 0 Å². The molecule has 0 aromatic heterocycles. The molecule has 0 atom stereocenters. The molecule has 24 heavy (non-hydrogen) atoms. The number of phenols is 2. The van der Waals surface area contributed by atoms with Gasteiger partial charge in [-0.15, -0.1) is 0 Å². The van der Waals surface area contributed by atoms with Gasteiger partial charge in [0, 0.05) is 5.56 Å². The summed E-state index contributed by atoms with van der Waals surface area (Å²) in [7, 11) is 0. The number of esters is 1. The number of carbonyl (C=O) groups is 1. The van der Waals surface area contributed by atoms with E-state index in [9.17, 15) is 15.0 Å². The molecule has 5 heteroatoms. The second-order valence-electron chi connectivity index (χ2n) is 5.51. The lowest BCUT2D eigenvalue weighted by atomic mass is 10.1. The topological polar surface area (TPSA) is 76.0 Å². The Labute approximate surface area is 139 Å². The number of benzene rings is 2. The summed E-state index contributed by atoms with van der Waals surface area (Å²) in [4.78, 5) is 11.9. The molecule has 3 rings (SSSR count). The van der Waals surface area contributed by atoms with Crippen molar-refractivity contribution in [3.05, 3.63) is 65.2 Å². The molecule has 5 nitrogen and oxygen atoms in total. The highest BCUT2D eigenvalue weighted by atomic mass is 16.6. The van der Waals surface area contributed by atoms with Crippen molar-refractivity contribution in [2.75, 3.05) is 13.2 Å². The second kappa shape index (κ2) is 7.08. The Kier molecular flexibility index (Phi) is 4.70. The summed E-state index contributed by atoms with van der Waals surface area (Å²) < 4.78 is 10.9. The Morgan fingerprint density at radius 2 is 1.29 bits per heavy atom. The number of phenolic OH excluding ortho intramolecular Hbond substituents is 2. The molecule has 0 aliphatic heterocycles. The molecule has 0 saturated heterocycles. The van der Waals surface area contributed by atoms with E-state index in [0.29, 0.717) is 5.56 Å². The molecule has 0 heterocycles. The van der Waals surface area contributed by atoms with Crippen LogP contribution in [0.25, 0.3) is 5.76 Å². The zero-order valence-electron chi connectivity index (χ0n) is 13.1. The molecule has 0 bridgehead atoms. The fourth-order valence-corrected chi connectivity index (χ4v) is 2.25. The van der Waals surface area contributed by atoms with Crippen molar-refractivity contribution < 1.29 is 24.5 Å². The maximum absolute atomic E-state index is 11.9. The molecule has 0 unspecified atom stereocenters. The summed E-state index contributed by atoms with van der Waals surface area (Å²) in [5, 5.41) is 18.6. The van der Waals surface area contributed by atoms with Crippen molar-refractivity contribution in [3.63, 3.8) is 0 Å². The first kappa shape index (κ1) is 15.9. The lowest BCUT2D eigenvalue weighted by molar-refractivity contribution is 0.0433. The summed E-state index contributed by atoms with van der Waals surface area (Å²) >= 11 is 0. The molecular weight excluding hydrogens is 308 g/mol. The first-order chi connectivity index (χ1) is 11.6. The van der Waals surface area contributed by atoms with E-state index in [1.165, 1.54) is 29.8 Å². The predicted octanol–water partition coefficient (Wildman–Crippen LogP) is 3.48. The minimum absolute atomic E-state index is 0.101. The summed E-state index contributed by atoms with van der Waals surface area (Å²) in [5.74, 6) is 0.658. The van der Waals surface area contributed by atoms with E-state index < -0.39 is 5.97 Å². The van der Waals surface area contributed by atoms with E-state index >= 15 is 0 Å². The van der Waals surface area contributed by atoms with Crippen LogP contribution < -0.4 is 0 Å². The van der Waals surface area contributed by atoms with E-state index in [4.69, 9.17) is 9.47 Å². The van der Waals surface area contributed by atoms with Crippen LogP contribution in [0, 0.1) is 0 Å². The molecule has 1 aliphatic carbocycles. The van der Waals surface area contributed by atoms with Gasteiger partial charge in [0.25, 0.3) is 0 Å². The van der Waals surface area contributed by atoms with Gasteiger partial charge in [0.15, 0.2) is 0 Å². The zero-order chi connectivity index (χ0) is 16.9. The standard InChI is InChI=1S/C19H18O5/c20-16-7-3-14(4-8-16)18(13-1-2-13)23-11-12-24-19(22)15-5-9-17(21)10-6-15/h3-10,20-21H,1-2,11-12H2. The van der Waals surface area contributed by atoms with Crippen LogP contribution in [0.2, 0.25) is 0 Å². The fraction of sp³-hybridized carbons (Fsp3) is 0.211. The number of allylic oxidation sites excluding steroid dienone is 1. The van der Waals surface area contributed by atoms with Crippen molar-refractivity contribution >= 4 is 11.7 Å². The number of hydrogen-bond acceptors (Lipinski definition) is 5. The zero-order valence-corrected chi connectivity index (χ0v) is 13.1. The van der Waals surface area contributed by atoms with Crippen LogP contribution >= 0.6 is 0 Å². The highest BCUT2D eigenvalue weighted by Gasteiger charge is 2.20. The van der Waals surface area contributed by atoms with E-state index in [1.807, 2.05) is 0 Å². The molecule has 2 aromatic carbocycles. The Bertz CT molecular complexity index is 738. The van der Waals surface area contributed by atoms with Gasteiger partial charge in [0.1, 0.15) is 30.5 Å². The van der Waals surface area contributed by atoms with Crippen molar-refractivity contribution in [1.29, 1.82) is 0 Å². The van der Waals surface area contributed by atoms with Crippen LogP contribution in [0.1, 0.15) is 28.8 Å². The fourth-order valence-electron chi connectivity index (χ4n) is 2.25. The van der Waals surface area contributed by atoms with Crippen LogP contribution in [-0.2, 0) is 9.47 Å². The van der Waals surface area contributed by atoms with Gasteiger partial charge in [-0.05, 0) is 66.9 Å². The van der Waals surface area contributed by atoms with Gasteiger partial charge in [0.2, 0.25) is 0 Å². The number of hydrogen-bond donors (Lipinski definition) is 2. The van der Waals surface area contributed by atoms with E-state index in [2.05, 4.69) is 0 Å². The lowest BCUT2D eigenvalue weighted by Crippen LogP contribution is -2.10. The van der Waals surface area contributed by atoms with Crippen LogP contribution in [0.5, 0.6) is 11.5 Å². The smallest absolute Gasteiger partial charge is 0.338 e. The van der Waals surface area contributed by atoms with Crippen LogP contribution in [0.3, 0.4) is 0 Å². The van der Waals surface area contributed by atoms with Crippen LogP contribution in [-0.4, -0.2) is 29.4 Å². The van der Waals surface area contributed by atoms with Gasteiger partial charge in [-0.1, -0.05) is 0 Å². The number of carbonyl (C=O) groups excluding carboxylic acids is 1. The molecular formula is C19H18O5. The molecule has 124 valence electrons. The van der Waals surface area contributed by atoms with E-state index in [-0.39, 0.29) is 24.7 Å². The van der Waals surface area contributed by atoms with Crippen molar-refractivity contribution in [2.24, 2.45) is 0 Å². The lowest BCUT2D eigenvalue weighted by Gasteiger charge is -2.11. The third-order valence-corrected chi connectivity index (χ3v) is 3.62. The predicted molar refractivity (Wildman–Crippen MR) is 88.6 cm³/mol. The molecule has 0 radical (unpaired) electrons. The molecule has 1 saturated carbocycles. The minimum atomic E-state index is -0.455. The second-order valence-corrected chi connectivity index (χ2v) is 5.51. The van der Waals surface area contributed by atoms with E-state index in [0.717, 1.165) is 24.2 Å². The van der Waals surface area contributed by atoms with Gasteiger partial charge < -0.3 is 19.7 Å². The third kappa shape index (κ3) is 4.07. The molecule has 2 aromatic rings.